The molecule has 0 bridgehead atoms. The minimum Gasteiger partial charge on any atom is -0.323 e. The topological polar surface area (TPSA) is 38.9 Å². The third-order valence-electron chi connectivity index (χ3n) is 3.75. The maximum Gasteiger partial charge on any atom is 0.128 e. The molecule has 1 aliphatic rings. The Bertz CT molecular complexity index is 615. The largest absolute Gasteiger partial charge is 0.323 e. The van der Waals surface area contributed by atoms with Crippen molar-refractivity contribution in [2.75, 3.05) is 0 Å². The Labute approximate surface area is 120 Å². The van der Waals surface area contributed by atoms with Crippen LogP contribution in [0.3, 0.4) is 0 Å². The predicted molar refractivity (Wildman–Crippen MR) is 76.3 cm³/mol. The summed E-state index contributed by atoms with van der Waals surface area (Å²) in [5.74, 6) is -0.153. The standard InChI is InChI=1S/C15H14BrFN2/c16-10-4-6-13(17)12(8-10)14(18)11-5-3-9-2-1-7-19-15(9)11/h1-2,4,6-8,11,14H,3,5,18H2. The molecule has 98 valence electrons. The highest BCUT2D eigenvalue weighted by Crippen LogP contribution is 2.40. The van der Waals surface area contributed by atoms with Crippen molar-refractivity contribution in [3.63, 3.8) is 0 Å². The average molecular weight is 321 g/mol. The zero-order valence-electron chi connectivity index (χ0n) is 10.3. The van der Waals surface area contributed by atoms with Gasteiger partial charge in [0.15, 0.2) is 0 Å². The van der Waals surface area contributed by atoms with Gasteiger partial charge in [0.2, 0.25) is 0 Å². The van der Waals surface area contributed by atoms with E-state index >= 15 is 0 Å². The molecule has 0 spiro atoms. The Kier molecular flexibility index (Phi) is 3.37. The summed E-state index contributed by atoms with van der Waals surface area (Å²) >= 11 is 3.37. The number of aromatic nitrogens is 1. The van der Waals surface area contributed by atoms with E-state index in [0.717, 1.165) is 23.0 Å². The van der Waals surface area contributed by atoms with E-state index in [1.54, 1.807) is 18.3 Å². The molecule has 0 radical (unpaired) electrons. The van der Waals surface area contributed by atoms with Crippen LogP contribution in [0, 0.1) is 5.82 Å². The van der Waals surface area contributed by atoms with E-state index in [-0.39, 0.29) is 17.8 Å². The van der Waals surface area contributed by atoms with Crippen LogP contribution in [0.15, 0.2) is 41.0 Å². The number of fused-ring (bicyclic) bond motifs is 1. The number of hydrogen-bond donors (Lipinski definition) is 1. The lowest BCUT2D eigenvalue weighted by Gasteiger charge is -2.20. The summed E-state index contributed by atoms with van der Waals surface area (Å²) in [4.78, 5) is 4.43. The van der Waals surface area contributed by atoms with Crippen molar-refractivity contribution >= 4 is 15.9 Å². The Hall–Kier alpha value is -1.26. The highest BCUT2D eigenvalue weighted by molar-refractivity contribution is 9.10. The van der Waals surface area contributed by atoms with Crippen LogP contribution in [0.1, 0.15) is 35.2 Å². The maximum absolute atomic E-state index is 13.9. The van der Waals surface area contributed by atoms with Gasteiger partial charge >= 0.3 is 0 Å². The minimum absolute atomic E-state index is 0.0972. The third-order valence-corrected chi connectivity index (χ3v) is 4.25. The molecule has 4 heteroatoms. The number of aryl methyl sites for hydroxylation is 1. The summed E-state index contributed by atoms with van der Waals surface area (Å²) in [6.07, 6.45) is 3.68. The first-order valence-corrected chi connectivity index (χ1v) is 7.10. The van der Waals surface area contributed by atoms with Gasteiger partial charge < -0.3 is 5.73 Å². The first-order chi connectivity index (χ1) is 9.16. The molecule has 2 atom stereocenters. The van der Waals surface area contributed by atoms with Crippen LogP contribution in [-0.2, 0) is 6.42 Å². The van der Waals surface area contributed by atoms with Crippen molar-refractivity contribution in [3.05, 3.63) is 63.6 Å². The Morgan fingerprint density at radius 1 is 1.37 bits per heavy atom. The van der Waals surface area contributed by atoms with Crippen molar-refractivity contribution in [1.82, 2.24) is 4.98 Å². The summed E-state index contributed by atoms with van der Waals surface area (Å²) in [7, 11) is 0. The summed E-state index contributed by atoms with van der Waals surface area (Å²) in [5.41, 5.74) is 9.09. The zero-order valence-corrected chi connectivity index (χ0v) is 11.9. The van der Waals surface area contributed by atoms with Gasteiger partial charge in [0, 0.05) is 33.9 Å². The molecule has 3 rings (SSSR count). The lowest BCUT2D eigenvalue weighted by atomic mass is 9.91. The number of hydrogen-bond acceptors (Lipinski definition) is 2. The van der Waals surface area contributed by atoms with Gasteiger partial charge in [-0.1, -0.05) is 22.0 Å². The van der Waals surface area contributed by atoms with E-state index in [1.165, 1.54) is 11.6 Å². The van der Waals surface area contributed by atoms with Gasteiger partial charge in [-0.2, -0.15) is 0 Å². The fraction of sp³-hybridized carbons (Fsp3) is 0.267. The van der Waals surface area contributed by atoms with Gasteiger partial charge in [-0.05, 0) is 42.7 Å². The maximum atomic E-state index is 13.9. The monoisotopic (exact) mass is 320 g/mol. The zero-order chi connectivity index (χ0) is 13.4. The molecule has 0 fully saturated rings. The summed E-state index contributed by atoms with van der Waals surface area (Å²) in [6.45, 7) is 0. The normalized spacial score (nSPS) is 19.2. The molecule has 2 nitrogen and oxygen atoms in total. The van der Waals surface area contributed by atoms with E-state index in [1.807, 2.05) is 6.07 Å². The molecular formula is C15H14BrFN2. The lowest BCUT2D eigenvalue weighted by Crippen LogP contribution is -2.20. The summed E-state index contributed by atoms with van der Waals surface area (Å²) < 4.78 is 14.8. The molecule has 19 heavy (non-hydrogen) atoms. The molecule has 2 unspecified atom stereocenters. The van der Waals surface area contributed by atoms with Gasteiger partial charge in [-0.25, -0.2) is 4.39 Å². The highest BCUT2D eigenvalue weighted by atomic mass is 79.9. The average Bonchev–Trinajstić information content (AvgIpc) is 2.84. The van der Waals surface area contributed by atoms with E-state index in [9.17, 15) is 4.39 Å². The van der Waals surface area contributed by atoms with E-state index in [2.05, 4.69) is 27.0 Å². The van der Waals surface area contributed by atoms with Crippen LogP contribution < -0.4 is 5.73 Å². The molecule has 0 saturated carbocycles. The van der Waals surface area contributed by atoms with E-state index in [0.29, 0.717) is 5.56 Å². The lowest BCUT2D eigenvalue weighted by molar-refractivity contribution is 0.507. The quantitative estimate of drug-likeness (QED) is 0.916. The van der Waals surface area contributed by atoms with Crippen molar-refractivity contribution < 1.29 is 4.39 Å². The SMILES string of the molecule is NC(c1cc(Br)ccc1F)C1CCc2cccnc21. The minimum atomic E-state index is -0.353. The smallest absolute Gasteiger partial charge is 0.128 e. The summed E-state index contributed by atoms with van der Waals surface area (Å²) in [6, 6.07) is 8.56. The molecule has 2 aromatic rings. The van der Waals surface area contributed by atoms with Gasteiger partial charge in [0.1, 0.15) is 5.82 Å². The van der Waals surface area contributed by atoms with Gasteiger partial charge in [0.25, 0.3) is 0 Å². The summed E-state index contributed by atoms with van der Waals surface area (Å²) in [5, 5.41) is 0. The first kappa shape index (κ1) is 12.8. The highest BCUT2D eigenvalue weighted by Gasteiger charge is 2.31. The molecule has 0 saturated heterocycles. The number of nitrogens with zero attached hydrogens (tertiary/aromatic N) is 1. The van der Waals surface area contributed by atoms with E-state index in [4.69, 9.17) is 5.73 Å². The Morgan fingerprint density at radius 3 is 3.05 bits per heavy atom. The van der Waals surface area contributed by atoms with Crippen LogP contribution in [0.5, 0.6) is 0 Å². The predicted octanol–water partition coefficient (Wildman–Crippen LogP) is 3.71. The molecule has 1 aromatic carbocycles. The Morgan fingerprint density at radius 2 is 2.21 bits per heavy atom. The van der Waals surface area contributed by atoms with Gasteiger partial charge in [0.05, 0.1) is 0 Å². The second kappa shape index (κ2) is 5.02. The molecule has 1 aromatic heterocycles. The third kappa shape index (κ3) is 2.30. The second-order valence-electron chi connectivity index (χ2n) is 4.88. The number of halogens is 2. The van der Waals surface area contributed by atoms with Crippen molar-refractivity contribution in [2.24, 2.45) is 5.73 Å². The number of nitrogens with two attached hydrogens (primary N) is 1. The van der Waals surface area contributed by atoms with E-state index < -0.39 is 0 Å². The molecular weight excluding hydrogens is 307 g/mol. The number of benzene rings is 1. The number of pyridine rings is 1. The van der Waals surface area contributed by atoms with Crippen molar-refractivity contribution in [2.45, 2.75) is 24.8 Å². The molecule has 0 aliphatic heterocycles. The van der Waals surface area contributed by atoms with Crippen LogP contribution in [0.2, 0.25) is 0 Å². The molecule has 1 aliphatic carbocycles. The van der Waals surface area contributed by atoms with Crippen molar-refractivity contribution in [1.29, 1.82) is 0 Å². The van der Waals surface area contributed by atoms with Crippen LogP contribution in [0.4, 0.5) is 4.39 Å². The fourth-order valence-corrected chi connectivity index (χ4v) is 3.16. The molecule has 0 amide bonds. The molecule has 2 N–H and O–H groups in total. The van der Waals surface area contributed by atoms with Crippen LogP contribution in [0.25, 0.3) is 0 Å². The van der Waals surface area contributed by atoms with Crippen LogP contribution >= 0.6 is 15.9 Å². The Balaban J connectivity index is 1.97. The second-order valence-corrected chi connectivity index (χ2v) is 5.80. The fourth-order valence-electron chi connectivity index (χ4n) is 2.78. The van der Waals surface area contributed by atoms with Gasteiger partial charge in [-0.15, -0.1) is 0 Å². The van der Waals surface area contributed by atoms with Crippen molar-refractivity contribution in [3.8, 4) is 0 Å². The molecule has 1 heterocycles. The van der Waals surface area contributed by atoms with Crippen LogP contribution in [-0.4, -0.2) is 4.98 Å². The first-order valence-electron chi connectivity index (χ1n) is 6.31. The van der Waals surface area contributed by atoms with Gasteiger partial charge in [-0.3, -0.25) is 4.98 Å². The number of rotatable bonds is 2.